The van der Waals surface area contributed by atoms with Gasteiger partial charge in [0, 0.05) is 20.6 Å². The normalized spacial score (nSPS) is 24.4. The van der Waals surface area contributed by atoms with Crippen LogP contribution in [0.15, 0.2) is 0 Å². The Kier molecular flexibility index (Phi) is 4.32. The molecule has 0 radical (unpaired) electrons. The fourth-order valence-electron chi connectivity index (χ4n) is 3.99. The van der Waals surface area contributed by atoms with Crippen LogP contribution in [0.4, 0.5) is 0 Å². The fourth-order valence-corrected chi connectivity index (χ4v) is 3.99. The molecule has 1 N–H and O–H groups in total. The number of hydrogen-bond acceptors (Lipinski definition) is 5. The minimum absolute atomic E-state index is 0.00611. The van der Waals surface area contributed by atoms with Gasteiger partial charge < -0.3 is 24.1 Å². The summed E-state index contributed by atoms with van der Waals surface area (Å²) in [7, 11) is 4.68. The highest BCUT2D eigenvalue weighted by Crippen LogP contribution is 2.49. The van der Waals surface area contributed by atoms with E-state index in [4.69, 9.17) is 18.9 Å². The predicted octanol–water partition coefficient (Wildman–Crippen LogP) is 2.71. The third-order valence-corrected chi connectivity index (χ3v) is 4.90. The summed E-state index contributed by atoms with van der Waals surface area (Å²) in [4.78, 5) is 12.1. The monoisotopic (exact) mass is 336 g/mol. The first-order valence-corrected chi connectivity index (χ1v) is 8.01. The molecule has 1 aromatic carbocycles. The average molecular weight is 336 g/mol. The maximum Gasteiger partial charge on any atom is 0.336 e. The Morgan fingerprint density at radius 2 is 1.79 bits per heavy atom. The summed E-state index contributed by atoms with van der Waals surface area (Å²) in [6, 6.07) is 0. The van der Waals surface area contributed by atoms with Crippen LogP contribution in [0.1, 0.15) is 52.7 Å². The van der Waals surface area contributed by atoms with Gasteiger partial charge in [0.1, 0.15) is 5.75 Å². The van der Waals surface area contributed by atoms with Gasteiger partial charge >= 0.3 is 5.97 Å². The summed E-state index contributed by atoms with van der Waals surface area (Å²) in [5.41, 5.74) is 3.56. The summed E-state index contributed by atoms with van der Waals surface area (Å²) in [6.45, 7) is 4.28. The molecule has 6 nitrogen and oxygen atoms in total. The molecule has 0 unspecified atom stereocenters. The zero-order chi connectivity index (χ0) is 17.6. The number of rotatable bonds is 4. The number of methoxy groups -OCH3 is 3. The van der Waals surface area contributed by atoms with Crippen LogP contribution < -0.4 is 4.74 Å². The lowest BCUT2D eigenvalue weighted by atomic mass is 9.87. The molecule has 6 heteroatoms. The fraction of sp³-hybridized carbons (Fsp3) is 0.611. The third-order valence-electron chi connectivity index (χ3n) is 4.90. The van der Waals surface area contributed by atoms with Crippen LogP contribution in [-0.4, -0.2) is 38.7 Å². The Bertz CT molecular complexity index is 679. The topological polar surface area (TPSA) is 74.2 Å². The van der Waals surface area contributed by atoms with Gasteiger partial charge in [-0.1, -0.05) is 13.8 Å². The summed E-state index contributed by atoms with van der Waals surface area (Å²) in [5, 5.41) is 9.89. The molecule has 1 aliphatic heterocycles. The molecule has 2 atom stereocenters. The Labute approximate surface area is 141 Å². The van der Waals surface area contributed by atoms with Gasteiger partial charge in [-0.3, -0.25) is 0 Å². The lowest BCUT2D eigenvalue weighted by Gasteiger charge is -2.33. The van der Waals surface area contributed by atoms with E-state index in [1.807, 2.05) is 0 Å². The lowest BCUT2D eigenvalue weighted by Crippen LogP contribution is -2.31. The highest BCUT2D eigenvalue weighted by molar-refractivity contribution is 5.93. The van der Waals surface area contributed by atoms with Crippen LogP contribution in [0.5, 0.6) is 5.75 Å². The number of carboxylic acid groups (broad SMARTS) is 1. The molecule has 0 saturated carbocycles. The van der Waals surface area contributed by atoms with E-state index >= 15 is 0 Å². The maximum atomic E-state index is 12.1. The largest absolute Gasteiger partial charge is 0.496 e. The number of ether oxygens (including phenoxy) is 4. The van der Waals surface area contributed by atoms with Gasteiger partial charge in [0.2, 0.25) is 0 Å². The summed E-state index contributed by atoms with van der Waals surface area (Å²) in [5.74, 6) is -0.230. The number of aromatic carboxylic acids is 1. The van der Waals surface area contributed by atoms with Crippen molar-refractivity contribution in [2.24, 2.45) is 5.41 Å². The number of benzene rings is 1. The Morgan fingerprint density at radius 3 is 2.33 bits per heavy atom. The molecular weight excluding hydrogens is 312 g/mol. The van der Waals surface area contributed by atoms with E-state index in [0.29, 0.717) is 35.3 Å². The Morgan fingerprint density at radius 1 is 1.12 bits per heavy atom. The van der Waals surface area contributed by atoms with Crippen LogP contribution >= 0.6 is 0 Å². The molecular formula is C18H24O6. The van der Waals surface area contributed by atoms with Crippen molar-refractivity contribution < 1.29 is 28.8 Å². The first-order chi connectivity index (χ1) is 11.3. The quantitative estimate of drug-likeness (QED) is 0.911. The highest BCUT2D eigenvalue weighted by Gasteiger charge is 2.42. The first kappa shape index (κ1) is 17.2. The van der Waals surface area contributed by atoms with Crippen molar-refractivity contribution in [3.8, 4) is 5.75 Å². The Hall–Kier alpha value is -1.63. The Balaban J connectivity index is 2.32. The second kappa shape index (κ2) is 6.02. The SMILES string of the molecule is COc1c2c(c(C(=O)O)c3c1[C@H](OC)O[C@H](OC)C3)CC(C)(C)C2. The number of fused-ring (bicyclic) bond motifs is 2. The molecule has 1 heterocycles. The highest BCUT2D eigenvalue weighted by atomic mass is 16.8. The van der Waals surface area contributed by atoms with Crippen molar-refractivity contribution >= 4 is 5.97 Å². The maximum absolute atomic E-state index is 12.1. The van der Waals surface area contributed by atoms with Gasteiger partial charge in [-0.15, -0.1) is 0 Å². The van der Waals surface area contributed by atoms with Crippen molar-refractivity contribution in [2.75, 3.05) is 21.3 Å². The van der Waals surface area contributed by atoms with Crippen LogP contribution in [0.25, 0.3) is 0 Å². The van der Waals surface area contributed by atoms with Gasteiger partial charge in [0.05, 0.1) is 18.2 Å². The van der Waals surface area contributed by atoms with E-state index in [0.717, 1.165) is 17.5 Å². The molecule has 1 aromatic rings. The molecule has 132 valence electrons. The van der Waals surface area contributed by atoms with Gasteiger partial charge in [0.15, 0.2) is 12.6 Å². The van der Waals surface area contributed by atoms with Crippen LogP contribution in [0.2, 0.25) is 0 Å². The van der Waals surface area contributed by atoms with Crippen molar-refractivity contribution in [3.63, 3.8) is 0 Å². The molecule has 1 aliphatic carbocycles. The standard InChI is InChI=1S/C18H24O6/c1-18(2)7-10-11(8-18)15(22-4)14-9(13(10)16(19)20)6-12(21-3)24-17(14)23-5/h12,17H,6-8H2,1-5H3,(H,19,20)/t12-,17+/m0/s1. The molecule has 0 saturated heterocycles. The zero-order valence-corrected chi connectivity index (χ0v) is 14.8. The number of hydrogen-bond donors (Lipinski definition) is 1. The predicted molar refractivity (Wildman–Crippen MR) is 86.5 cm³/mol. The molecule has 0 aromatic heterocycles. The molecule has 0 fully saturated rings. The second-order valence-electron chi connectivity index (χ2n) is 7.15. The number of carbonyl (C=O) groups is 1. The van der Waals surface area contributed by atoms with Gasteiger partial charge in [0.25, 0.3) is 0 Å². The van der Waals surface area contributed by atoms with Gasteiger partial charge in [-0.2, -0.15) is 0 Å². The van der Waals surface area contributed by atoms with E-state index in [2.05, 4.69) is 13.8 Å². The van der Waals surface area contributed by atoms with E-state index in [9.17, 15) is 9.90 Å². The smallest absolute Gasteiger partial charge is 0.336 e. The van der Waals surface area contributed by atoms with Crippen molar-refractivity contribution in [2.45, 2.75) is 45.7 Å². The molecule has 0 spiro atoms. The lowest BCUT2D eigenvalue weighted by molar-refractivity contribution is -0.241. The summed E-state index contributed by atoms with van der Waals surface area (Å²) < 4.78 is 22.2. The molecule has 2 aliphatic rings. The van der Waals surface area contributed by atoms with Crippen molar-refractivity contribution in [1.82, 2.24) is 0 Å². The van der Waals surface area contributed by atoms with E-state index in [1.54, 1.807) is 7.11 Å². The van der Waals surface area contributed by atoms with Crippen LogP contribution in [-0.2, 0) is 33.5 Å². The van der Waals surface area contributed by atoms with Crippen LogP contribution in [0, 0.1) is 5.41 Å². The number of carboxylic acids is 1. The molecule has 24 heavy (non-hydrogen) atoms. The molecule has 0 bridgehead atoms. The van der Waals surface area contributed by atoms with E-state index in [1.165, 1.54) is 14.2 Å². The minimum atomic E-state index is -0.922. The summed E-state index contributed by atoms with van der Waals surface area (Å²) >= 11 is 0. The van der Waals surface area contributed by atoms with Crippen molar-refractivity contribution in [1.29, 1.82) is 0 Å². The minimum Gasteiger partial charge on any atom is -0.496 e. The zero-order valence-electron chi connectivity index (χ0n) is 14.8. The van der Waals surface area contributed by atoms with E-state index in [-0.39, 0.29) is 5.41 Å². The van der Waals surface area contributed by atoms with Gasteiger partial charge in [-0.25, -0.2) is 4.79 Å². The molecule has 3 rings (SSSR count). The van der Waals surface area contributed by atoms with E-state index < -0.39 is 18.5 Å². The second-order valence-corrected chi connectivity index (χ2v) is 7.15. The summed E-state index contributed by atoms with van der Waals surface area (Å²) in [6.07, 6.45) is 0.586. The van der Waals surface area contributed by atoms with Gasteiger partial charge in [-0.05, 0) is 34.9 Å². The van der Waals surface area contributed by atoms with Crippen molar-refractivity contribution in [3.05, 3.63) is 27.8 Å². The molecule has 0 amide bonds. The van der Waals surface area contributed by atoms with Crippen LogP contribution in [0.3, 0.4) is 0 Å². The third kappa shape index (κ3) is 2.59. The average Bonchev–Trinajstić information content (AvgIpc) is 2.84. The first-order valence-electron chi connectivity index (χ1n) is 8.01.